The first-order valence-corrected chi connectivity index (χ1v) is 8.06. The minimum atomic E-state index is 0.373. The van der Waals surface area contributed by atoms with Crippen LogP contribution in [-0.4, -0.2) is 30.1 Å². The standard InChI is InChI=1S/C16H32N2/c1-4-14-6-5-8-18(9-7-14)16(12-17)10-15(11-16)13(2)3/h13-15H,4-12,17H2,1-3H3. The molecule has 0 aromatic heterocycles. The fourth-order valence-electron chi connectivity index (χ4n) is 3.99. The molecule has 1 aliphatic heterocycles. The van der Waals surface area contributed by atoms with Gasteiger partial charge in [0.15, 0.2) is 0 Å². The van der Waals surface area contributed by atoms with Gasteiger partial charge in [0.25, 0.3) is 0 Å². The first-order chi connectivity index (χ1) is 8.61. The van der Waals surface area contributed by atoms with Crippen LogP contribution in [0.1, 0.15) is 59.3 Å². The van der Waals surface area contributed by atoms with Crippen LogP contribution in [0.4, 0.5) is 0 Å². The Morgan fingerprint density at radius 3 is 2.50 bits per heavy atom. The molecule has 2 fully saturated rings. The molecule has 2 N–H and O–H groups in total. The number of nitrogens with zero attached hydrogens (tertiary/aromatic N) is 1. The Balaban J connectivity index is 1.93. The quantitative estimate of drug-likeness (QED) is 0.832. The van der Waals surface area contributed by atoms with E-state index in [-0.39, 0.29) is 0 Å². The summed E-state index contributed by atoms with van der Waals surface area (Å²) in [5, 5.41) is 0. The maximum atomic E-state index is 6.14. The largest absolute Gasteiger partial charge is 0.329 e. The zero-order valence-corrected chi connectivity index (χ0v) is 12.6. The lowest BCUT2D eigenvalue weighted by atomic mass is 9.63. The van der Waals surface area contributed by atoms with Crippen LogP contribution in [0, 0.1) is 17.8 Å². The molecule has 1 atom stereocenters. The highest BCUT2D eigenvalue weighted by Crippen LogP contribution is 2.46. The van der Waals surface area contributed by atoms with Crippen LogP contribution >= 0.6 is 0 Å². The van der Waals surface area contributed by atoms with Crippen LogP contribution in [0.2, 0.25) is 0 Å². The van der Waals surface area contributed by atoms with Crippen molar-refractivity contribution in [3.8, 4) is 0 Å². The summed E-state index contributed by atoms with van der Waals surface area (Å²) in [5.74, 6) is 2.71. The SMILES string of the molecule is CCC1CCCN(C2(CN)CC(C(C)C)C2)CC1. The predicted molar refractivity (Wildman–Crippen MR) is 78.6 cm³/mol. The normalized spacial score (nSPS) is 38.5. The predicted octanol–water partition coefficient (Wildman–Crippen LogP) is 3.26. The topological polar surface area (TPSA) is 29.3 Å². The molecule has 1 unspecified atom stereocenters. The van der Waals surface area contributed by atoms with Crippen LogP contribution in [0.3, 0.4) is 0 Å². The van der Waals surface area contributed by atoms with E-state index in [0.29, 0.717) is 5.54 Å². The maximum Gasteiger partial charge on any atom is 0.0337 e. The zero-order valence-electron chi connectivity index (χ0n) is 12.6. The van der Waals surface area contributed by atoms with Crippen molar-refractivity contribution in [2.75, 3.05) is 19.6 Å². The van der Waals surface area contributed by atoms with E-state index >= 15 is 0 Å². The van der Waals surface area contributed by atoms with Crippen molar-refractivity contribution < 1.29 is 0 Å². The second-order valence-corrected chi connectivity index (χ2v) is 7.03. The summed E-state index contributed by atoms with van der Waals surface area (Å²) in [4.78, 5) is 2.75. The molecule has 18 heavy (non-hydrogen) atoms. The van der Waals surface area contributed by atoms with E-state index in [2.05, 4.69) is 25.7 Å². The van der Waals surface area contributed by atoms with E-state index < -0.39 is 0 Å². The van der Waals surface area contributed by atoms with Crippen molar-refractivity contribution in [3.05, 3.63) is 0 Å². The summed E-state index contributed by atoms with van der Waals surface area (Å²) in [5.41, 5.74) is 6.51. The van der Waals surface area contributed by atoms with E-state index in [1.165, 1.54) is 51.6 Å². The van der Waals surface area contributed by atoms with Gasteiger partial charge in [-0.05, 0) is 62.9 Å². The van der Waals surface area contributed by atoms with Crippen LogP contribution in [-0.2, 0) is 0 Å². The van der Waals surface area contributed by atoms with Gasteiger partial charge in [-0.15, -0.1) is 0 Å². The summed E-state index contributed by atoms with van der Waals surface area (Å²) in [6.45, 7) is 10.5. The zero-order chi connectivity index (χ0) is 13.2. The monoisotopic (exact) mass is 252 g/mol. The van der Waals surface area contributed by atoms with E-state index in [1.54, 1.807) is 0 Å². The van der Waals surface area contributed by atoms with Gasteiger partial charge < -0.3 is 5.73 Å². The van der Waals surface area contributed by atoms with E-state index in [4.69, 9.17) is 5.73 Å². The Bertz CT molecular complexity index is 256. The molecule has 1 aliphatic carbocycles. The van der Waals surface area contributed by atoms with Gasteiger partial charge in [0.1, 0.15) is 0 Å². The first kappa shape index (κ1) is 14.3. The summed E-state index contributed by atoms with van der Waals surface area (Å²) >= 11 is 0. The minimum Gasteiger partial charge on any atom is -0.329 e. The van der Waals surface area contributed by atoms with Gasteiger partial charge >= 0.3 is 0 Å². The van der Waals surface area contributed by atoms with Crippen molar-refractivity contribution in [2.45, 2.75) is 64.8 Å². The van der Waals surface area contributed by atoms with Crippen molar-refractivity contribution >= 4 is 0 Å². The summed E-state index contributed by atoms with van der Waals surface area (Å²) < 4.78 is 0. The van der Waals surface area contributed by atoms with Gasteiger partial charge in [0.2, 0.25) is 0 Å². The van der Waals surface area contributed by atoms with Crippen LogP contribution in [0.25, 0.3) is 0 Å². The van der Waals surface area contributed by atoms with Gasteiger partial charge in [-0.2, -0.15) is 0 Å². The van der Waals surface area contributed by atoms with E-state index in [0.717, 1.165) is 24.3 Å². The lowest BCUT2D eigenvalue weighted by Crippen LogP contribution is -2.62. The Morgan fingerprint density at radius 2 is 1.94 bits per heavy atom. The van der Waals surface area contributed by atoms with Crippen molar-refractivity contribution in [1.82, 2.24) is 4.90 Å². The minimum absolute atomic E-state index is 0.373. The number of nitrogens with two attached hydrogens (primary N) is 1. The van der Waals surface area contributed by atoms with Crippen LogP contribution < -0.4 is 5.73 Å². The van der Waals surface area contributed by atoms with Crippen molar-refractivity contribution in [3.63, 3.8) is 0 Å². The molecule has 106 valence electrons. The number of hydrogen-bond donors (Lipinski definition) is 1. The summed E-state index contributed by atoms with van der Waals surface area (Å²) in [6, 6.07) is 0. The third-order valence-electron chi connectivity index (χ3n) is 5.70. The maximum absolute atomic E-state index is 6.14. The second-order valence-electron chi connectivity index (χ2n) is 7.03. The van der Waals surface area contributed by atoms with Crippen LogP contribution in [0.15, 0.2) is 0 Å². The Hall–Kier alpha value is -0.0800. The molecule has 0 aromatic carbocycles. The third kappa shape index (κ3) is 2.75. The lowest BCUT2D eigenvalue weighted by Gasteiger charge is -2.55. The molecule has 2 heteroatoms. The van der Waals surface area contributed by atoms with Crippen molar-refractivity contribution in [1.29, 1.82) is 0 Å². The summed E-state index contributed by atoms with van der Waals surface area (Å²) in [7, 11) is 0. The van der Waals surface area contributed by atoms with Gasteiger partial charge in [0.05, 0.1) is 0 Å². The average molecular weight is 252 g/mol. The highest BCUT2D eigenvalue weighted by atomic mass is 15.2. The van der Waals surface area contributed by atoms with Crippen molar-refractivity contribution in [2.24, 2.45) is 23.5 Å². The smallest absolute Gasteiger partial charge is 0.0337 e. The van der Waals surface area contributed by atoms with Gasteiger partial charge in [0, 0.05) is 12.1 Å². The average Bonchev–Trinajstić information content (AvgIpc) is 2.54. The molecule has 0 spiro atoms. The Morgan fingerprint density at radius 1 is 1.22 bits per heavy atom. The second kappa shape index (κ2) is 5.92. The molecular weight excluding hydrogens is 220 g/mol. The molecule has 0 radical (unpaired) electrons. The molecule has 0 aromatic rings. The van der Waals surface area contributed by atoms with Gasteiger partial charge in [-0.1, -0.05) is 27.2 Å². The fourth-order valence-corrected chi connectivity index (χ4v) is 3.99. The lowest BCUT2D eigenvalue weighted by molar-refractivity contribution is -0.0338. The highest BCUT2D eigenvalue weighted by Gasteiger charge is 2.48. The Kier molecular flexibility index (Phi) is 4.71. The molecule has 1 saturated carbocycles. The van der Waals surface area contributed by atoms with Gasteiger partial charge in [-0.25, -0.2) is 0 Å². The highest BCUT2D eigenvalue weighted by molar-refractivity contribution is 5.04. The molecule has 1 saturated heterocycles. The molecule has 2 rings (SSSR count). The third-order valence-corrected chi connectivity index (χ3v) is 5.70. The van der Waals surface area contributed by atoms with Crippen LogP contribution in [0.5, 0.6) is 0 Å². The molecule has 2 aliphatic rings. The molecular formula is C16H32N2. The number of hydrogen-bond acceptors (Lipinski definition) is 2. The first-order valence-electron chi connectivity index (χ1n) is 8.06. The molecule has 0 bridgehead atoms. The fraction of sp³-hybridized carbons (Fsp3) is 1.00. The van der Waals surface area contributed by atoms with Gasteiger partial charge in [-0.3, -0.25) is 4.90 Å². The molecule has 0 amide bonds. The Labute approximate surface area is 113 Å². The van der Waals surface area contributed by atoms with E-state index in [1.807, 2.05) is 0 Å². The van der Waals surface area contributed by atoms with E-state index in [9.17, 15) is 0 Å². The number of likely N-dealkylation sites (tertiary alicyclic amines) is 1. The summed E-state index contributed by atoms with van der Waals surface area (Å²) in [6.07, 6.45) is 8.26. The molecule has 2 nitrogen and oxygen atoms in total. The molecule has 1 heterocycles. The number of rotatable bonds is 4.